The Kier molecular flexibility index (Phi) is 7.11. The van der Waals surface area contributed by atoms with Crippen molar-refractivity contribution in [3.05, 3.63) is 93.4 Å². The number of carbonyl (C=O) groups is 1. The van der Waals surface area contributed by atoms with Crippen molar-refractivity contribution < 1.29 is 33.4 Å². The minimum absolute atomic E-state index is 0.0575. The highest BCUT2D eigenvalue weighted by atomic mass is 16.6. The molecule has 0 aliphatic carbocycles. The van der Waals surface area contributed by atoms with E-state index in [0.717, 1.165) is 0 Å². The first-order valence-corrected chi connectivity index (χ1v) is 10.9. The molecule has 188 valence electrons. The number of benzene rings is 3. The van der Waals surface area contributed by atoms with Crippen LogP contribution in [0.1, 0.15) is 17.0 Å². The molecule has 11 nitrogen and oxygen atoms in total. The zero-order chi connectivity index (χ0) is 26.5. The number of methoxy groups -OCH3 is 2. The number of nitro benzene ring substituents is 1. The topological polar surface area (TPSA) is 156 Å². The zero-order valence-electron chi connectivity index (χ0n) is 19.8. The molecule has 3 aromatic carbocycles. The molecule has 0 aromatic heterocycles. The van der Waals surface area contributed by atoms with Crippen LogP contribution in [0.3, 0.4) is 0 Å². The number of hydrogen-bond acceptors (Lipinski definition) is 10. The van der Waals surface area contributed by atoms with E-state index >= 15 is 0 Å². The summed E-state index contributed by atoms with van der Waals surface area (Å²) in [5.74, 6) is -0.0643. The summed E-state index contributed by atoms with van der Waals surface area (Å²) >= 11 is 0. The van der Waals surface area contributed by atoms with Gasteiger partial charge < -0.3 is 29.4 Å². The summed E-state index contributed by atoms with van der Waals surface area (Å²) in [5.41, 5.74) is 7.33. The number of fused-ring (bicyclic) bond motifs is 1. The standard InChI is InChI=1S/C26H21N3O8/c1-33-21-10-7-15(11-23(21)34-2)25-17-9-8-16(12-22(17)37-26(28)18(25)13-27)36-24(30)14-35-20-6-4-3-5-19(20)29(31)32/h3-12,25H,14,28H2,1-2H3. The third-order valence-electron chi connectivity index (χ3n) is 5.57. The van der Waals surface area contributed by atoms with E-state index in [4.69, 9.17) is 29.4 Å². The summed E-state index contributed by atoms with van der Waals surface area (Å²) in [5, 5.41) is 20.9. The number of nitrogens with zero attached hydrogens (tertiary/aromatic N) is 2. The predicted octanol–water partition coefficient (Wildman–Crippen LogP) is 3.81. The van der Waals surface area contributed by atoms with Gasteiger partial charge in [0, 0.05) is 17.7 Å². The first-order chi connectivity index (χ1) is 17.9. The van der Waals surface area contributed by atoms with Gasteiger partial charge in [-0.15, -0.1) is 0 Å². The smallest absolute Gasteiger partial charge is 0.349 e. The van der Waals surface area contributed by atoms with Crippen LogP contribution >= 0.6 is 0 Å². The van der Waals surface area contributed by atoms with Crippen LogP contribution in [0, 0.1) is 21.4 Å². The SMILES string of the molecule is COc1ccc(C2C(C#N)=C(N)Oc3cc(OC(=O)COc4ccccc4[N+](=O)[O-])ccc32)cc1OC. The first-order valence-electron chi connectivity index (χ1n) is 10.9. The summed E-state index contributed by atoms with van der Waals surface area (Å²) < 4.78 is 27.0. The molecule has 0 saturated carbocycles. The highest BCUT2D eigenvalue weighted by Gasteiger charge is 2.31. The summed E-state index contributed by atoms with van der Waals surface area (Å²) in [6.45, 7) is -0.558. The highest BCUT2D eigenvalue weighted by Crippen LogP contribution is 2.45. The molecule has 0 saturated heterocycles. The minimum atomic E-state index is -0.786. The van der Waals surface area contributed by atoms with Crippen molar-refractivity contribution in [2.75, 3.05) is 20.8 Å². The zero-order valence-corrected chi connectivity index (χ0v) is 19.8. The van der Waals surface area contributed by atoms with Crippen molar-refractivity contribution in [3.63, 3.8) is 0 Å². The number of para-hydroxylation sites is 2. The summed E-state index contributed by atoms with van der Waals surface area (Å²) in [7, 11) is 3.03. The molecule has 0 fully saturated rings. The lowest BCUT2D eigenvalue weighted by Crippen LogP contribution is -2.22. The van der Waals surface area contributed by atoms with Gasteiger partial charge in [-0.05, 0) is 29.8 Å². The third-order valence-corrected chi connectivity index (χ3v) is 5.57. The van der Waals surface area contributed by atoms with Gasteiger partial charge >= 0.3 is 11.7 Å². The second-order valence-electron chi connectivity index (χ2n) is 7.73. The van der Waals surface area contributed by atoms with Gasteiger partial charge in [-0.1, -0.05) is 24.3 Å². The van der Waals surface area contributed by atoms with E-state index in [1.54, 1.807) is 30.3 Å². The Balaban J connectivity index is 1.57. The van der Waals surface area contributed by atoms with E-state index in [1.165, 1.54) is 44.6 Å². The predicted molar refractivity (Wildman–Crippen MR) is 130 cm³/mol. The molecule has 37 heavy (non-hydrogen) atoms. The Labute approximate surface area is 211 Å². The van der Waals surface area contributed by atoms with Crippen LogP contribution < -0.4 is 29.4 Å². The molecule has 1 atom stereocenters. The average molecular weight is 503 g/mol. The number of nitriles is 1. The van der Waals surface area contributed by atoms with Gasteiger partial charge in [-0.2, -0.15) is 5.26 Å². The average Bonchev–Trinajstić information content (AvgIpc) is 2.90. The molecule has 1 heterocycles. The number of ether oxygens (including phenoxy) is 5. The third kappa shape index (κ3) is 5.08. The molecule has 2 N–H and O–H groups in total. The fourth-order valence-corrected chi connectivity index (χ4v) is 3.90. The lowest BCUT2D eigenvalue weighted by Gasteiger charge is -2.27. The van der Waals surface area contributed by atoms with E-state index in [0.29, 0.717) is 28.4 Å². The maximum atomic E-state index is 12.4. The van der Waals surface area contributed by atoms with Crippen LogP contribution in [0.5, 0.6) is 28.7 Å². The van der Waals surface area contributed by atoms with Gasteiger partial charge in [0.15, 0.2) is 23.9 Å². The van der Waals surface area contributed by atoms with Crippen LogP contribution in [-0.4, -0.2) is 31.7 Å². The molecular weight excluding hydrogens is 482 g/mol. The second-order valence-corrected chi connectivity index (χ2v) is 7.73. The van der Waals surface area contributed by atoms with Gasteiger partial charge in [-0.25, -0.2) is 4.79 Å². The number of allylic oxidation sites excluding steroid dienone is 1. The fourth-order valence-electron chi connectivity index (χ4n) is 3.90. The monoisotopic (exact) mass is 503 g/mol. The van der Waals surface area contributed by atoms with Gasteiger partial charge in [0.2, 0.25) is 5.88 Å². The maximum absolute atomic E-state index is 12.4. The van der Waals surface area contributed by atoms with E-state index in [9.17, 15) is 20.2 Å². The molecule has 1 aliphatic rings. The first kappa shape index (κ1) is 24.9. The van der Waals surface area contributed by atoms with Crippen molar-refractivity contribution in [2.45, 2.75) is 5.92 Å². The summed E-state index contributed by atoms with van der Waals surface area (Å²) in [4.78, 5) is 22.9. The van der Waals surface area contributed by atoms with Gasteiger partial charge in [0.1, 0.15) is 23.1 Å². The summed E-state index contributed by atoms with van der Waals surface area (Å²) in [6.07, 6.45) is 0. The number of esters is 1. The second kappa shape index (κ2) is 10.6. The van der Waals surface area contributed by atoms with Crippen LogP contribution in [0.4, 0.5) is 5.69 Å². The van der Waals surface area contributed by atoms with E-state index in [1.807, 2.05) is 0 Å². The van der Waals surface area contributed by atoms with Crippen molar-refractivity contribution in [1.29, 1.82) is 5.26 Å². The molecule has 4 rings (SSSR count). The largest absolute Gasteiger partial charge is 0.493 e. The molecule has 1 aliphatic heterocycles. The van der Waals surface area contributed by atoms with Gasteiger partial charge in [-0.3, -0.25) is 10.1 Å². The Bertz CT molecular complexity index is 1440. The van der Waals surface area contributed by atoms with Crippen molar-refractivity contribution in [3.8, 4) is 34.8 Å². The molecule has 0 spiro atoms. The highest BCUT2D eigenvalue weighted by molar-refractivity contribution is 5.74. The van der Waals surface area contributed by atoms with Crippen molar-refractivity contribution in [1.82, 2.24) is 0 Å². The van der Waals surface area contributed by atoms with E-state index in [2.05, 4.69) is 6.07 Å². The molecule has 11 heteroatoms. The quantitative estimate of drug-likeness (QED) is 0.207. The lowest BCUT2D eigenvalue weighted by atomic mass is 9.83. The Morgan fingerprint density at radius 1 is 1.08 bits per heavy atom. The normalized spacial score (nSPS) is 14.0. The maximum Gasteiger partial charge on any atom is 0.349 e. The number of rotatable bonds is 8. The molecule has 1 unspecified atom stereocenters. The number of nitrogens with two attached hydrogens (primary N) is 1. The number of nitro groups is 1. The van der Waals surface area contributed by atoms with Crippen LogP contribution in [0.2, 0.25) is 0 Å². The Morgan fingerprint density at radius 3 is 2.54 bits per heavy atom. The molecular formula is C26H21N3O8. The van der Waals surface area contributed by atoms with Crippen LogP contribution in [-0.2, 0) is 4.79 Å². The fraction of sp³-hybridized carbons (Fsp3) is 0.154. The molecule has 0 amide bonds. The van der Waals surface area contributed by atoms with Crippen LogP contribution in [0.25, 0.3) is 0 Å². The Morgan fingerprint density at radius 2 is 1.84 bits per heavy atom. The molecule has 3 aromatic rings. The van der Waals surface area contributed by atoms with Crippen molar-refractivity contribution >= 4 is 11.7 Å². The number of carbonyl (C=O) groups excluding carboxylic acids is 1. The van der Waals surface area contributed by atoms with E-state index in [-0.39, 0.29) is 28.6 Å². The van der Waals surface area contributed by atoms with Gasteiger partial charge in [0.25, 0.3) is 0 Å². The van der Waals surface area contributed by atoms with Gasteiger partial charge in [0.05, 0.1) is 25.1 Å². The molecule has 0 radical (unpaired) electrons. The van der Waals surface area contributed by atoms with Crippen LogP contribution in [0.15, 0.2) is 72.1 Å². The minimum Gasteiger partial charge on any atom is -0.493 e. The van der Waals surface area contributed by atoms with Crippen molar-refractivity contribution in [2.24, 2.45) is 5.73 Å². The van der Waals surface area contributed by atoms with E-state index < -0.39 is 23.4 Å². The summed E-state index contributed by atoms with van der Waals surface area (Å²) in [6, 6.07) is 17.7. The molecule has 0 bridgehead atoms. The number of hydrogen-bond donors (Lipinski definition) is 1. The Hall–Kier alpha value is -5.24. The lowest BCUT2D eigenvalue weighted by molar-refractivity contribution is -0.385.